The molecule has 0 aromatic carbocycles. The van der Waals surface area contributed by atoms with Crippen LogP contribution in [0.1, 0.15) is 0 Å². The van der Waals surface area contributed by atoms with Crippen LogP contribution in [0.25, 0.3) is 0 Å². The molecule has 6 heteroatoms. The molecule has 0 saturated carbocycles. The van der Waals surface area contributed by atoms with Crippen molar-refractivity contribution in [3.05, 3.63) is 0 Å². The summed E-state index contributed by atoms with van der Waals surface area (Å²) in [4.78, 5) is 8.56. The topological polar surface area (TPSA) is 57.5 Å². The van der Waals surface area contributed by atoms with Gasteiger partial charge >= 0.3 is 105 Å². The molecule has 7 heavy (non-hydrogen) atoms. The summed E-state index contributed by atoms with van der Waals surface area (Å²) in [6.45, 7) is 0. The second-order valence-corrected chi connectivity index (χ2v) is 0.283. The fourth-order valence-electron chi connectivity index (χ4n) is 0. The molecular formula is CH5CsFNaO3. The Morgan fingerprint density at radius 3 is 1.29 bits per heavy atom. The third-order valence-corrected chi connectivity index (χ3v) is 0. The van der Waals surface area contributed by atoms with Crippen molar-refractivity contribution in [2.75, 3.05) is 0 Å². The Balaban J connectivity index is -0.0000000150. The molecule has 0 bridgehead atoms. The average Bonchev–Trinajstić information content (AvgIpc) is 0.811. The van der Waals surface area contributed by atoms with Crippen LogP contribution in [0.4, 0.5) is 9.50 Å². The molecule has 0 aliphatic carbocycles. The Kier molecular flexibility index (Phi) is 51.3. The van der Waals surface area contributed by atoms with Crippen LogP contribution in [0.2, 0.25) is 0 Å². The molecule has 0 rings (SSSR count). The Hall–Kier alpha value is 2.25. The summed E-state index contributed by atoms with van der Waals surface area (Å²) in [5.41, 5.74) is 0. The average molecular weight is 240 g/mol. The molecule has 0 heterocycles. The van der Waals surface area contributed by atoms with E-state index in [1.165, 1.54) is 0 Å². The van der Waals surface area contributed by atoms with Gasteiger partial charge in [0.15, 0.2) is 0 Å². The van der Waals surface area contributed by atoms with Gasteiger partial charge in [0.05, 0.1) is 0 Å². The van der Waals surface area contributed by atoms with Gasteiger partial charge in [-0.15, -0.1) is 0 Å². The van der Waals surface area contributed by atoms with E-state index >= 15 is 0 Å². The summed E-state index contributed by atoms with van der Waals surface area (Å²) in [6.07, 6.45) is -1.83. The van der Waals surface area contributed by atoms with Crippen LogP contribution in [0, 0.1) is 0 Å². The Morgan fingerprint density at radius 2 is 1.29 bits per heavy atom. The van der Waals surface area contributed by atoms with Gasteiger partial charge in [-0.25, -0.2) is 4.79 Å². The third kappa shape index (κ3) is 63.6. The van der Waals surface area contributed by atoms with Crippen LogP contribution >= 0.6 is 0 Å². The Bertz CT molecular complexity index is 37.9. The zero-order valence-electron chi connectivity index (χ0n) is 2.21. The van der Waals surface area contributed by atoms with Crippen molar-refractivity contribution >= 4 is 105 Å². The van der Waals surface area contributed by atoms with Gasteiger partial charge in [0.2, 0.25) is 0 Å². The SMILES string of the molecule is F.O=C(O)O.[CsH].[NaH]. The molecule has 0 saturated heterocycles. The van der Waals surface area contributed by atoms with Crippen LogP contribution in [0.15, 0.2) is 0 Å². The van der Waals surface area contributed by atoms with Crippen LogP contribution in [-0.2, 0) is 0 Å². The molecule has 3 nitrogen and oxygen atoms in total. The van der Waals surface area contributed by atoms with Gasteiger partial charge in [-0.3, -0.25) is 4.70 Å². The van der Waals surface area contributed by atoms with Crippen molar-refractivity contribution in [1.82, 2.24) is 0 Å². The minimum atomic E-state index is -1.83. The van der Waals surface area contributed by atoms with Crippen LogP contribution < -0.4 is 0 Å². The maximum absolute atomic E-state index is 8.56. The fourth-order valence-corrected chi connectivity index (χ4v) is 0. The molecule has 0 fully saturated rings. The predicted molar refractivity (Wildman–Crippen MR) is 27.5 cm³/mol. The monoisotopic (exact) mass is 240 g/mol. The van der Waals surface area contributed by atoms with E-state index in [1.807, 2.05) is 0 Å². The van der Waals surface area contributed by atoms with Crippen LogP contribution in [0.3, 0.4) is 0 Å². The molecule has 36 valence electrons. The first kappa shape index (κ1) is 22.8. The molecule has 0 atom stereocenters. The normalized spacial score (nSPS) is 3.43. The summed E-state index contributed by atoms with van der Waals surface area (Å²) in [7, 11) is 0. The standard InChI is InChI=1S/CH2O3.Cs.FH.Na.2H/c2-1(3)4;;;;;/h(H2,2,3,4);;1H;;;. The summed E-state index contributed by atoms with van der Waals surface area (Å²) >= 11 is 0. The molecule has 0 aromatic heterocycles. The first-order chi connectivity index (χ1) is 1.73. The molecule has 0 aromatic rings. The Labute approximate surface area is 121 Å². The number of carboxylic acid groups (broad SMARTS) is 2. The molecular weight excluding hydrogens is 235 g/mol. The minimum absolute atomic E-state index is 0. The van der Waals surface area contributed by atoms with Gasteiger partial charge in [0.25, 0.3) is 0 Å². The zero-order valence-corrected chi connectivity index (χ0v) is 2.21. The van der Waals surface area contributed by atoms with E-state index in [0.717, 1.165) is 0 Å². The molecule has 0 amide bonds. The van der Waals surface area contributed by atoms with E-state index in [9.17, 15) is 0 Å². The van der Waals surface area contributed by atoms with Crippen molar-refractivity contribution in [3.63, 3.8) is 0 Å². The van der Waals surface area contributed by atoms with E-state index < -0.39 is 6.16 Å². The zero-order chi connectivity index (χ0) is 3.58. The third-order valence-electron chi connectivity index (χ3n) is 0. The number of rotatable bonds is 0. The van der Waals surface area contributed by atoms with E-state index in [4.69, 9.17) is 15.0 Å². The van der Waals surface area contributed by atoms with Gasteiger partial charge < -0.3 is 10.2 Å². The van der Waals surface area contributed by atoms with Crippen LogP contribution in [-0.4, -0.2) is 115 Å². The Morgan fingerprint density at radius 1 is 1.29 bits per heavy atom. The first-order valence-corrected chi connectivity index (χ1v) is 0.651. The van der Waals surface area contributed by atoms with Crippen molar-refractivity contribution in [1.29, 1.82) is 0 Å². The van der Waals surface area contributed by atoms with Gasteiger partial charge in [-0.2, -0.15) is 0 Å². The molecule has 0 aliphatic heterocycles. The quantitative estimate of drug-likeness (QED) is 0.538. The first-order valence-electron chi connectivity index (χ1n) is 0.651. The van der Waals surface area contributed by atoms with Gasteiger partial charge in [0.1, 0.15) is 0 Å². The van der Waals surface area contributed by atoms with E-state index in [0.29, 0.717) is 0 Å². The van der Waals surface area contributed by atoms with E-state index in [-0.39, 0.29) is 103 Å². The van der Waals surface area contributed by atoms with Gasteiger partial charge in [-0.05, 0) is 0 Å². The molecule has 0 unspecified atom stereocenters. The fraction of sp³-hybridized carbons (Fsp3) is 0. The summed E-state index contributed by atoms with van der Waals surface area (Å²) in [5.74, 6) is 0. The van der Waals surface area contributed by atoms with Gasteiger partial charge in [0, 0.05) is 0 Å². The van der Waals surface area contributed by atoms with Crippen molar-refractivity contribution in [3.8, 4) is 0 Å². The predicted octanol–water partition coefficient (Wildman–Crippen LogP) is -0.922. The van der Waals surface area contributed by atoms with Gasteiger partial charge in [-0.1, -0.05) is 0 Å². The molecule has 0 radical (unpaired) electrons. The number of halogens is 1. The number of hydrogen-bond acceptors (Lipinski definition) is 1. The van der Waals surface area contributed by atoms with Crippen LogP contribution in [0.5, 0.6) is 0 Å². The number of carbonyl (C=O) groups is 1. The summed E-state index contributed by atoms with van der Waals surface area (Å²) < 4.78 is 0. The second-order valence-electron chi connectivity index (χ2n) is 0.283. The second kappa shape index (κ2) is 15.7. The van der Waals surface area contributed by atoms with Crippen molar-refractivity contribution in [2.24, 2.45) is 0 Å². The molecule has 0 spiro atoms. The van der Waals surface area contributed by atoms with E-state index in [1.54, 1.807) is 0 Å². The molecule has 0 aliphatic rings. The summed E-state index contributed by atoms with van der Waals surface area (Å²) in [6, 6.07) is 0. The van der Waals surface area contributed by atoms with E-state index in [2.05, 4.69) is 0 Å². The molecule has 2 N–H and O–H groups in total. The van der Waals surface area contributed by atoms with Crippen molar-refractivity contribution < 1.29 is 19.7 Å². The summed E-state index contributed by atoms with van der Waals surface area (Å²) in [5, 5.41) is 13.9. The van der Waals surface area contributed by atoms with Crippen molar-refractivity contribution in [2.45, 2.75) is 0 Å². The maximum atomic E-state index is 8.56. The number of hydrogen-bond donors (Lipinski definition) is 2.